The number of amides is 2. The molecule has 33 heavy (non-hydrogen) atoms. The molecule has 0 spiro atoms. The van der Waals surface area contributed by atoms with Crippen molar-refractivity contribution in [3.8, 4) is 0 Å². The van der Waals surface area contributed by atoms with Crippen LogP contribution in [0.1, 0.15) is 69.5 Å². The van der Waals surface area contributed by atoms with E-state index in [0.29, 0.717) is 22.0 Å². The van der Waals surface area contributed by atoms with E-state index in [1.54, 1.807) is 11.3 Å². The van der Waals surface area contributed by atoms with Gasteiger partial charge >= 0.3 is 0 Å². The maximum atomic E-state index is 13.4. The number of thiophene rings is 1. The summed E-state index contributed by atoms with van der Waals surface area (Å²) in [6.07, 6.45) is 2.84. The molecule has 1 aromatic heterocycles. The second kappa shape index (κ2) is 9.14. The van der Waals surface area contributed by atoms with Gasteiger partial charge in [-0.15, -0.1) is 11.3 Å². The van der Waals surface area contributed by atoms with Gasteiger partial charge < -0.3 is 10.6 Å². The fourth-order valence-corrected chi connectivity index (χ4v) is 5.68. The van der Waals surface area contributed by atoms with Crippen LogP contribution in [0.5, 0.6) is 0 Å². The largest absolute Gasteiger partial charge is 0.322 e. The van der Waals surface area contributed by atoms with E-state index in [0.717, 1.165) is 41.6 Å². The predicted molar refractivity (Wildman–Crippen MR) is 138 cm³/mol. The molecule has 0 radical (unpaired) electrons. The summed E-state index contributed by atoms with van der Waals surface area (Å²) in [5.41, 5.74) is 5.49. The van der Waals surface area contributed by atoms with Crippen LogP contribution in [-0.2, 0) is 12.8 Å². The molecule has 3 aromatic rings. The van der Waals surface area contributed by atoms with Gasteiger partial charge in [0.15, 0.2) is 0 Å². The van der Waals surface area contributed by atoms with Crippen LogP contribution in [0.15, 0.2) is 48.5 Å². The summed E-state index contributed by atoms with van der Waals surface area (Å²) in [4.78, 5) is 27.7. The zero-order valence-corrected chi connectivity index (χ0v) is 20.9. The molecule has 2 N–H and O–H groups in total. The molecule has 0 fully saturated rings. The zero-order valence-electron chi connectivity index (χ0n) is 20.0. The normalized spacial score (nSPS) is 15.6. The molecule has 0 bridgehead atoms. The lowest BCUT2D eigenvalue weighted by Gasteiger charge is -2.33. The monoisotopic (exact) mass is 460 g/mol. The van der Waals surface area contributed by atoms with Gasteiger partial charge in [0.2, 0.25) is 0 Å². The lowest BCUT2D eigenvalue weighted by Crippen LogP contribution is -2.27. The van der Waals surface area contributed by atoms with Gasteiger partial charge in [0.25, 0.3) is 11.8 Å². The number of nitrogens with one attached hydrogen (secondary N) is 2. The van der Waals surface area contributed by atoms with Crippen LogP contribution in [0.4, 0.5) is 10.7 Å². The van der Waals surface area contributed by atoms with E-state index in [-0.39, 0.29) is 17.2 Å². The Morgan fingerprint density at radius 2 is 1.48 bits per heavy atom. The lowest BCUT2D eigenvalue weighted by molar-refractivity contribution is 0.102. The molecular formula is C28H32N2O2S. The quantitative estimate of drug-likeness (QED) is 0.439. The summed E-state index contributed by atoms with van der Waals surface area (Å²) >= 11 is 1.56. The third kappa shape index (κ3) is 5.19. The number of carbonyl (C=O) groups is 2. The Labute approximate surface area is 200 Å². The minimum atomic E-state index is -0.189. The average molecular weight is 461 g/mol. The van der Waals surface area contributed by atoms with Crippen molar-refractivity contribution in [2.24, 2.45) is 11.3 Å². The van der Waals surface area contributed by atoms with Crippen molar-refractivity contribution in [1.82, 2.24) is 0 Å². The van der Waals surface area contributed by atoms with Gasteiger partial charge in [0.1, 0.15) is 5.00 Å². The van der Waals surface area contributed by atoms with Crippen LogP contribution in [0.25, 0.3) is 0 Å². The number of hydrogen-bond donors (Lipinski definition) is 2. The molecule has 4 rings (SSSR count). The lowest BCUT2D eigenvalue weighted by atomic mass is 9.72. The van der Waals surface area contributed by atoms with E-state index in [1.165, 1.54) is 4.88 Å². The Balaban J connectivity index is 1.67. The number of carbonyl (C=O) groups excluding carboxylic acids is 2. The molecule has 1 unspecified atom stereocenters. The van der Waals surface area contributed by atoms with Crippen LogP contribution < -0.4 is 10.6 Å². The molecule has 1 atom stereocenters. The summed E-state index contributed by atoms with van der Waals surface area (Å²) in [6.45, 7) is 10.9. The topological polar surface area (TPSA) is 58.2 Å². The van der Waals surface area contributed by atoms with E-state index in [1.807, 2.05) is 62.4 Å². The smallest absolute Gasteiger partial charge is 0.258 e. The van der Waals surface area contributed by atoms with Crippen molar-refractivity contribution >= 4 is 33.8 Å². The number of hydrogen-bond acceptors (Lipinski definition) is 3. The summed E-state index contributed by atoms with van der Waals surface area (Å²) in [7, 11) is 0. The molecule has 1 heterocycles. The molecule has 4 nitrogen and oxygen atoms in total. The highest BCUT2D eigenvalue weighted by Crippen LogP contribution is 2.44. The third-order valence-electron chi connectivity index (χ3n) is 6.57. The van der Waals surface area contributed by atoms with E-state index in [4.69, 9.17) is 0 Å². The van der Waals surface area contributed by atoms with Crippen molar-refractivity contribution in [3.05, 3.63) is 81.2 Å². The molecule has 0 saturated heterocycles. The number of anilines is 2. The van der Waals surface area contributed by atoms with Crippen molar-refractivity contribution in [2.75, 3.05) is 10.6 Å². The predicted octanol–water partition coefficient (Wildman–Crippen LogP) is 7.02. The van der Waals surface area contributed by atoms with Crippen molar-refractivity contribution in [1.29, 1.82) is 0 Å². The van der Waals surface area contributed by atoms with E-state index in [2.05, 4.69) is 31.4 Å². The Morgan fingerprint density at radius 1 is 0.879 bits per heavy atom. The van der Waals surface area contributed by atoms with Gasteiger partial charge in [0, 0.05) is 16.1 Å². The number of rotatable bonds is 4. The van der Waals surface area contributed by atoms with Gasteiger partial charge in [-0.25, -0.2) is 0 Å². The standard InChI is InChI=1S/C28H32N2O2S/c1-17-6-10-19(11-7-17)25(31)30-27-24(26(32)29-21-13-8-18(2)9-14-21)22-15-12-20(28(3,4)5)16-23(22)33-27/h6-11,13-14,20H,12,15-16H2,1-5H3,(H,29,32)(H,30,31). The van der Waals surface area contributed by atoms with Gasteiger partial charge in [-0.05, 0) is 74.3 Å². The van der Waals surface area contributed by atoms with Crippen LogP contribution in [0, 0.1) is 25.2 Å². The molecule has 1 aliphatic rings. The number of aryl methyl sites for hydroxylation is 2. The minimum absolute atomic E-state index is 0.162. The second-order valence-corrected chi connectivity index (χ2v) is 11.3. The van der Waals surface area contributed by atoms with Gasteiger partial charge in [-0.2, -0.15) is 0 Å². The molecule has 172 valence electrons. The molecule has 5 heteroatoms. The minimum Gasteiger partial charge on any atom is -0.322 e. The Hall–Kier alpha value is -2.92. The van der Waals surface area contributed by atoms with E-state index >= 15 is 0 Å². The van der Waals surface area contributed by atoms with Crippen molar-refractivity contribution in [3.63, 3.8) is 0 Å². The first kappa shape index (κ1) is 23.2. The zero-order chi connectivity index (χ0) is 23.8. The SMILES string of the molecule is Cc1ccc(NC(=O)c2c(NC(=O)c3ccc(C)cc3)sc3c2CCC(C(C)(C)C)C3)cc1. The Kier molecular flexibility index (Phi) is 6.44. The first-order chi connectivity index (χ1) is 15.6. The van der Waals surface area contributed by atoms with Gasteiger partial charge in [-0.3, -0.25) is 9.59 Å². The first-order valence-electron chi connectivity index (χ1n) is 11.5. The average Bonchev–Trinajstić information content (AvgIpc) is 3.12. The second-order valence-electron chi connectivity index (χ2n) is 10.2. The highest BCUT2D eigenvalue weighted by atomic mass is 32.1. The molecule has 1 aliphatic carbocycles. The fraction of sp³-hybridized carbons (Fsp3) is 0.357. The summed E-state index contributed by atoms with van der Waals surface area (Å²) in [5, 5.41) is 6.74. The van der Waals surface area contributed by atoms with Crippen molar-refractivity contribution in [2.45, 2.75) is 53.9 Å². The maximum Gasteiger partial charge on any atom is 0.258 e. The fourth-order valence-electron chi connectivity index (χ4n) is 4.36. The first-order valence-corrected chi connectivity index (χ1v) is 12.3. The van der Waals surface area contributed by atoms with Crippen LogP contribution >= 0.6 is 11.3 Å². The molecule has 0 aliphatic heterocycles. The molecule has 2 aromatic carbocycles. The molecule has 0 saturated carbocycles. The summed E-state index contributed by atoms with van der Waals surface area (Å²) in [6, 6.07) is 15.3. The highest BCUT2D eigenvalue weighted by molar-refractivity contribution is 7.17. The van der Waals surface area contributed by atoms with Gasteiger partial charge in [-0.1, -0.05) is 56.2 Å². The van der Waals surface area contributed by atoms with Crippen molar-refractivity contribution < 1.29 is 9.59 Å². The van der Waals surface area contributed by atoms with Crippen LogP contribution in [-0.4, -0.2) is 11.8 Å². The highest BCUT2D eigenvalue weighted by Gasteiger charge is 2.34. The maximum absolute atomic E-state index is 13.4. The molecule has 2 amide bonds. The third-order valence-corrected chi connectivity index (χ3v) is 7.74. The molecular weight excluding hydrogens is 428 g/mol. The summed E-state index contributed by atoms with van der Waals surface area (Å²) in [5.74, 6) is 0.201. The van der Waals surface area contributed by atoms with Crippen LogP contribution in [0.3, 0.4) is 0 Å². The number of fused-ring (bicyclic) bond motifs is 1. The van der Waals surface area contributed by atoms with E-state index < -0.39 is 0 Å². The number of benzene rings is 2. The summed E-state index contributed by atoms with van der Waals surface area (Å²) < 4.78 is 0. The van der Waals surface area contributed by atoms with Crippen LogP contribution in [0.2, 0.25) is 0 Å². The van der Waals surface area contributed by atoms with Gasteiger partial charge in [0.05, 0.1) is 5.56 Å². The Morgan fingerprint density at radius 3 is 2.09 bits per heavy atom. The Bertz CT molecular complexity index is 1170. The van der Waals surface area contributed by atoms with E-state index in [9.17, 15) is 9.59 Å².